The van der Waals surface area contributed by atoms with E-state index in [1.165, 1.54) is 0 Å². The first-order valence-corrected chi connectivity index (χ1v) is 6.74. The van der Waals surface area contributed by atoms with Gasteiger partial charge in [-0.2, -0.15) is 0 Å². The van der Waals surface area contributed by atoms with Gasteiger partial charge in [0, 0.05) is 23.0 Å². The number of anilines is 1. The summed E-state index contributed by atoms with van der Waals surface area (Å²) in [6, 6.07) is 3.94. The SMILES string of the molecule is CCCNC(=O)c1ccc2c(C(N)=O)c(NC(N)=O)[nH]c2c1. The maximum atomic E-state index is 11.9. The molecule has 0 bridgehead atoms. The van der Waals surface area contributed by atoms with Crippen LogP contribution in [0.5, 0.6) is 0 Å². The molecule has 0 aliphatic heterocycles. The van der Waals surface area contributed by atoms with Crippen LogP contribution in [0.15, 0.2) is 18.2 Å². The van der Waals surface area contributed by atoms with Crippen molar-refractivity contribution in [2.45, 2.75) is 13.3 Å². The number of nitrogens with one attached hydrogen (secondary N) is 3. The maximum absolute atomic E-state index is 11.9. The number of hydrogen-bond donors (Lipinski definition) is 5. The van der Waals surface area contributed by atoms with E-state index in [9.17, 15) is 14.4 Å². The van der Waals surface area contributed by atoms with E-state index in [0.29, 0.717) is 23.0 Å². The molecule has 116 valence electrons. The van der Waals surface area contributed by atoms with Crippen LogP contribution >= 0.6 is 0 Å². The third-order valence-electron chi connectivity index (χ3n) is 3.09. The zero-order valence-electron chi connectivity index (χ0n) is 12.0. The topological polar surface area (TPSA) is 143 Å². The Hall–Kier alpha value is -3.03. The molecule has 22 heavy (non-hydrogen) atoms. The lowest BCUT2D eigenvalue weighted by atomic mass is 10.1. The molecule has 4 amide bonds. The molecule has 2 aromatic rings. The molecule has 0 unspecified atom stereocenters. The fourth-order valence-corrected chi connectivity index (χ4v) is 2.15. The van der Waals surface area contributed by atoms with Crippen LogP contribution in [0.1, 0.15) is 34.1 Å². The largest absolute Gasteiger partial charge is 0.365 e. The molecule has 0 saturated heterocycles. The average molecular weight is 303 g/mol. The van der Waals surface area contributed by atoms with E-state index in [2.05, 4.69) is 15.6 Å². The van der Waals surface area contributed by atoms with Crippen LogP contribution in [-0.2, 0) is 0 Å². The third kappa shape index (κ3) is 3.00. The van der Waals surface area contributed by atoms with E-state index >= 15 is 0 Å². The first kappa shape index (κ1) is 15.4. The van der Waals surface area contributed by atoms with Gasteiger partial charge in [-0.05, 0) is 18.6 Å². The number of benzene rings is 1. The minimum absolute atomic E-state index is 0.112. The summed E-state index contributed by atoms with van der Waals surface area (Å²) < 4.78 is 0. The van der Waals surface area contributed by atoms with E-state index < -0.39 is 11.9 Å². The van der Waals surface area contributed by atoms with Crippen LogP contribution in [-0.4, -0.2) is 29.4 Å². The smallest absolute Gasteiger partial charge is 0.317 e. The number of nitrogens with two attached hydrogens (primary N) is 2. The highest BCUT2D eigenvalue weighted by molar-refractivity contribution is 6.13. The van der Waals surface area contributed by atoms with Crippen molar-refractivity contribution in [3.63, 3.8) is 0 Å². The predicted octanol–water partition coefficient (Wildman–Crippen LogP) is 0.897. The Bertz CT molecular complexity index is 750. The Balaban J connectivity index is 2.47. The van der Waals surface area contributed by atoms with E-state index in [1.54, 1.807) is 18.2 Å². The van der Waals surface area contributed by atoms with Crippen LogP contribution < -0.4 is 22.1 Å². The molecule has 8 nitrogen and oxygen atoms in total. The highest BCUT2D eigenvalue weighted by Crippen LogP contribution is 2.26. The van der Waals surface area contributed by atoms with Crippen molar-refractivity contribution in [2.24, 2.45) is 11.5 Å². The molecule has 0 fully saturated rings. The first-order chi connectivity index (χ1) is 10.4. The number of aromatic amines is 1. The van der Waals surface area contributed by atoms with Crippen LogP contribution in [0.3, 0.4) is 0 Å². The number of amides is 4. The highest BCUT2D eigenvalue weighted by atomic mass is 16.2. The molecule has 0 aliphatic rings. The second kappa shape index (κ2) is 6.17. The predicted molar refractivity (Wildman–Crippen MR) is 82.6 cm³/mol. The first-order valence-electron chi connectivity index (χ1n) is 6.74. The molecule has 0 radical (unpaired) electrons. The summed E-state index contributed by atoms with van der Waals surface area (Å²) in [5.74, 6) is -0.817. The second-order valence-corrected chi connectivity index (χ2v) is 4.74. The molecule has 0 aliphatic carbocycles. The summed E-state index contributed by atoms with van der Waals surface area (Å²) in [6.45, 7) is 2.53. The summed E-state index contributed by atoms with van der Waals surface area (Å²) >= 11 is 0. The van der Waals surface area contributed by atoms with Gasteiger partial charge in [-0.25, -0.2) is 4.79 Å². The molecule has 2 rings (SSSR count). The maximum Gasteiger partial charge on any atom is 0.317 e. The van der Waals surface area contributed by atoms with Gasteiger partial charge in [0.1, 0.15) is 5.82 Å². The minimum atomic E-state index is -0.824. The van der Waals surface area contributed by atoms with Gasteiger partial charge in [-0.3, -0.25) is 14.9 Å². The molecule has 7 N–H and O–H groups in total. The number of hydrogen-bond acceptors (Lipinski definition) is 3. The van der Waals surface area contributed by atoms with E-state index in [0.717, 1.165) is 6.42 Å². The number of urea groups is 1. The second-order valence-electron chi connectivity index (χ2n) is 4.74. The monoisotopic (exact) mass is 303 g/mol. The van der Waals surface area contributed by atoms with Gasteiger partial charge < -0.3 is 21.8 Å². The molecule has 8 heteroatoms. The summed E-state index contributed by atoms with van der Waals surface area (Å²) in [5, 5.41) is 5.57. The number of rotatable bonds is 5. The highest BCUT2D eigenvalue weighted by Gasteiger charge is 2.18. The van der Waals surface area contributed by atoms with Crippen molar-refractivity contribution in [2.75, 3.05) is 11.9 Å². The Labute approximate surface area is 126 Å². The summed E-state index contributed by atoms with van der Waals surface area (Å²) in [5.41, 5.74) is 11.5. The Morgan fingerprint density at radius 1 is 1.23 bits per heavy atom. The Morgan fingerprint density at radius 2 is 1.95 bits per heavy atom. The molecule has 0 saturated carbocycles. The van der Waals surface area contributed by atoms with Crippen molar-refractivity contribution in [3.8, 4) is 0 Å². The lowest BCUT2D eigenvalue weighted by Gasteiger charge is -2.03. The van der Waals surface area contributed by atoms with E-state index in [4.69, 9.17) is 11.5 Å². The Morgan fingerprint density at radius 3 is 2.55 bits per heavy atom. The number of fused-ring (bicyclic) bond motifs is 1. The lowest BCUT2D eigenvalue weighted by molar-refractivity contribution is 0.0952. The average Bonchev–Trinajstić information content (AvgIpc) is 2.80. The van der Waals surface area contributed by atoms with E-state index in [-0.39, 0.29) is 17.3 Å². The van der Waals surface area contributed by atoms with Crippen molar-refractivity contribution in [1.29, 1.82) is 0 Å². The number of carbonyl (C=O) groups excluding carboxylic acids is 3. The van der Waals surface area contributed by atoms with Gasteiger partial charge in [0.2, 0.25) is 0 Å². The van der Waals surface area contributed by atoms with Gasteiger partial charge in [0.15, 0.2) is 0 Å². The van der Waals surface area contributed by atoms with Crippen molar-refractivity contribution in [3.05, 3.63) is 29.3 Å². The van der Waals surface area contributed by atoms with Crippen molar-refractivity contribution >= 4 is 34.6 Å². The van der Waals surface area contributed by atoms with Crippen LogP contribution in [0.4, 0.5) is 10.6 Å². The number of aromatic nitrogens is 1. The fraction of sp³-hybridized carbons (Fsp3) is 0.214. The zero-order chi connectivity index (χ0) is 16.3. The third-order valence-corrected chi connectivity index (χ3v) is 3.09. The van der Waals surface area contributed by atoms with Gasteiger partial charge in [0.25, 0.3) is 11.8 Å². The molecular weight excluding hydrogens is 286 g/mol. The van der Waals surface area contributed by atoms with Crippen LogP contribution in [0.25, 0.3) is 10.9 Å². The van der Waals surface area contributed by atoms with Crippen molar-refractivity contribution in [1.82, 2.24) is 10.3 Å². The lowest BCUT2D eigenvalue weighted by Crippen LogP contribution is -2.23. The zero-order valence-corrected chi connectivity index (χ0v) is 12.0. The summed E-state index contributed by atoms with van der Waals surface area (Å²) in [7, 11) is 0. The Kier molecular flexibility index (Phi) is 4.31. The van der Waals surface area contributed by atoms with Crippen LogP contribution in [0, 0.1) is 0 Å². The molecule has 0 spiro atoms. The number of primary amides is 2. The summed E-state index contributed by atoms with van der Waals surface area (Å²) in [6.07, 6.45) is 0.828. The summed E-state index contributed by atoms with van der Waals surface area (Å²) in [4.78, 5) is 37.3. The van der Waals surface area contributed by atoms with Gasteiger partial charge >= 0.3 is 6.03 Å². The van der Waals surface area contributed by atoms with Crippen LogP contribution in [0.2, 0.25) is 0 Å². The number of H-pyrrole nitrogens is 1. The van der Waals surface area contributed by atoms with Gasteiger partial charge in [-0.15, -0.1) is 0 Å². The molecule has 1 aromatic carbocycles. The van der Waals surface area contributed by atoms with Gasteiger partial charge in [-0.1, -0.05) is 13.0 Å². The van der Waals surface area contributed by atoms with Gasteiger partial charge in [0.05, 0.1) is 5.56 Å². The normalized spacial score (nSPS) is 10.4. The quantitative estimate of drug-likeness (QED) is 0.559. The van der Waals surface area contributed by atoms with Crippen molar-refractivity contribution < 1.29 is 14.4 Å². The minimum Gasteiger partial charge on any atom is -0.365 e. The molecule has 1 aromatic heterocycles. The molecule has 1 heterocycles. The van der Waals surface area contributed by atoms with E-state index in [1.807, 2.05) is 6.92 Å². The standard InChI is InChI=1S/C14H17N5O3/c1-2-5-17-13(21)7-3-4-8-9(6-7)18-12(19-14(16)22)10(8)11(15)20/h3-4,6,18H,2,5H2,1H3,(H2,15,20)(H,17,21)(H3,16,19,22). The fourth-order valence-electron chi connectivity index (χ4n) is 2.15. The molecule has 0 atom stereocenters. The number of carbonyl (C=O) groups is 3. The molecular formula is C14H17N5O3.